The smallest absolute Gasteiger partial charge is 0.252 e. The van der Waals surface area contributed by atoms with Crippen molar-refractivity contribution in [3.8, 4) is 6.07 Å². The number of hydrogen-bond donors (Lipinski definition) is 2. The topological polar surface area (TPSA) is 96.0 Å². The van der Waals surface area contributed by atoms with E-state index in [9.17, 15) is 18.4 Å². The highest BCUT2D eigenvalue weighted by Crippen LogP contribution is 2.10. The highest BCUT2D eigenvalue weighted by Gasteiger charge is 2.21. The lowest BCUT2D eigenvalue weighted by molar-refractivity contribution is -0.120. The molecule has 0 aliphatic rings. The van der Waals surface area contributed by atoms with Gasteiger partial charge in [-0.1, -0.05) is 0 Å². The molecule has 2 amide bonds. The number of carbonyl (C=O) groups excluding carboxylic acids is 2. The molecule has 106 valence electrons. The van der Waals surface area contributed by atoms with Gasteiger partial charge < -0.3 is 11.1 Å². The molecule has 0 bridgehead atoms. The molecule has 0 fully saturated rings. The molecule has 0 saturated carbocycles. The van der Waals surface area contributed by atoms with Gasteiger partial charge in [0.05, 0.1) is 6.07 Å². The van der Waals surface area contributed by atoms with Gasteiger partial charge in [-0.05, 0) is 31.5 Å². The van der Waals surface area contributed by atoms with Crippen molar-refractivity contribution >= 4 is 11.8 Å². The molecule has 5 nitrogen and oxygen atoms in total. The van der Waals surface area contributed by atoms with Crippen LogP contribution in [0.15, 0.2) is 18.2 Å². The van der Waals surface area contributed by atoms with Crippen LogP contribution in [0.3, 0.4) is 0 Å². The molecule has 1 rings (SSSR count). The Morgan fingerprint density at radius 1 is 1.40 bits per heavy atom. The van der Waals surface area contributed by atoms with Gasteiger partial charge in [0.15, 0.2) is 11.6 Å². The Labute approximate surface area is 114 Å². The predicted octanol–water partition coefficient (Wildman–Crippen LogP) is 1.10. The van der Waals surface area contributed by atoms with Crippen LogP contribution < -0.4 is 11.1 Å². The Balaban J connectivity index is 2.83. The number of nitrogens with one attached hydrogen (secondary N) is 1. The third-order valence-corrected chi connectivity index (χ3v) is 2.64. The summed E-state index contributed by atoms with van der Waals surface area (Å²) >= 11 is 0. The second kappa shape index (κ2) is 6.61. The van der Waals surface area contributed by atoms with E-state index in [1.54, 1.807) is 6.92 Å². The van der Waals surface area contributed by atoms with Crippen molar-refractivity contribution < 1.29 is 18.4 Å². The minimum Gasteiger partial charge on any atom is -0.368 e. The average Bonchev–Trinajstić information content (AvgIpc) is 2.40. The van der Waals surface area contributed by atoms with Gasteiger partial charge in [-0.15, -0.1) is 0 Å². The SMILES string of the molecule is C[C@@H](C#N)C[C@@H](NC(=O)c1ccc(F)c(F)c1)C(N)=O. The fraction of sp³-hybridized carbons (Fsp3) is 0.308. The highest BCUT2D eigenvalue weighted by molar-refractivity contribution is 5.97. The number of nitrogens with two attached hydrogens (primary N) is 1. The summed E-state index contributed by atoms with van der Waals surface area (Å²) in [6.45, 7) is 1.57. The van der Waals surface area contributed by atoms with E-state index in [2.05, 4.69) is 5.32 Å². The molecule has 20 heavy (non-hydrogen) atoms. The predicted molar refractivity (Wildman–Crippen MR) is 66.2 cm³/mol. The molecule has 7 heteroatoms. The summed E-state index contributed by atoms with van der Waals surface area (Å²) in [5.41, 5.74) is 4.98. The maximum Gasteiger partial charge on any atom is 0.252 e. The molecule has 0 radical (unpaired) electrons. The van der Waals surface area contributed by atoms with E-state index >= 15 is 0 Å². The van der Waals surface area contributed by atoms with Crippen LogP contribution in [0, 0.1) is 28.9 Å². The molecular weight excluding hydrogens is 268 g/mol. The number of carbonyl (C=O) groups is 2. The van der Waals surface area contributed by atoms with E-state index < -0.39 is 35.4 Å². The zero-order valence-corrected chi connectivity index (χ0v) is 10.7. The van der Waals surface area contributed by atoms with Crippen molar-refractivity contribution in [1.29, 1.82) is 5.26 Å². The van der Waals surface area contributed by atoms with Crippen LogP contribution in [0.4, 0.5) is 8.78 Å². The van der Waals surface area contributed by atoms with Crippen molar-refractivity contribution in [2.45, 2.75) is 19.4 Å². The summed E-state index contributed by atoms with van der Waals surface area (Å²) in [6.07, 6.45) is 0.0429. The monoisotopic (exact) mass is 281 g/mol. The summed E-state index contributed by atoms with van der Waals surface area (Å²) < 4.78 is 25.8. The largest absolute Gasteiger partial charge is 0.368 e. The Morgan fingerprint density at radius 3 is 2.55 bits per heavy atom. The van der Waals surface area contributed by atoms with Crippen LogP contribution in [-0.4, -0.2) is 17.9 Å². The summed E-state index contributed by atoms with van der Waals surface area (Å²) in [7, 11) is 0. The quantitative estimate of drug-likeness (QED) is 0.845. The van der Waals surface area contributed by atoms with Crippen LogP contribution in [0.1, 0.15) is 23.7 Å². The number of hydrogen-bond acceptors (Lipinski definition) is 3. The average molecular weight is 281 g/mol. The van der Waals surface area contributed by atoms with Gasteiger partial charge >= 0.3 is 0 Å². The second-order valence-electron chi connectivity index (χ2n) is 4.32. The van der Waals surface area contributed by atoms with Crippen LogP contribution in [-0.2, 0) is 4.79 Å². The van der Waals surface area contributed by atoms with Crippen molar-refractivity contribution in [3.05, 3.63) is 35.4 Å². The summed E-state index contributed by atoms with van der Waals surface area (Å²) in [5.74, 6) is -4.30. The Kier molecular flexibility index (Phi) is 5.15. The fourth-order valence-corrected chi connectivity index (χ4v) is 1.53. The van der Waals surface area contributed by atoms with Gasteiger partial charge in [0.2, 0.25) is 5.91 Å². The normalized spacial score (nSPS) is 13.1. The highest BCUT2D eigenvalue weighted by atomic mass is 19.2. The number of amides is 2. The van der Waals surface area contributed by atoms with Gasteiger partial charge in [-0.2, -0.15) is 5.26 Å². The van der Waals surface area contributed by atoms with E-state index in [0.29, 0.717) is 0 Å². The molecule has 0 spiro atoms. The van der Waals surface area contributed by atoms with Crippen LogP contribution >= 0.6 is 0 Å². The first kappa shape index (κ1) is 15.6. The zero-order chi connectivity index (χ0) is 15.3. The number of nitriles is 1. The van der Waals surface area contributed by atoms with Crippen molar-refractivity contribution in [1.82, 2.24) is 5.32 Å². The Morgan fingerprint density at radius 2 is 2.05 bits per heavy atom. The first-order chi connectivity index (χ1) is 9.35. The standard InChI is InChI=1S/C13H13F2N3O2/c1-7(6-16)4-11(12(17)19)18-13(20)8-2-3-9(14)10(15)5-8/h2-3,5,7,11H,4H2,1H3,(H2,17,19)(H,18,20)/t7-,11-/m1/s1. The minimum atomic E-state index is -1.17. The van der Waals surface area contributed by atoms with Crippen LogP contribution in [0.25, 0.3) is 0 Å². The maximum absolute atomic E-state index is 13.0. The number of primary amides is 1. The molecule has 0 saturated heterocycles. The molecule has 3 N–H and O–H groups in total. The van der Waals surface area contributed by atoms with Gasteiger partial charge in [0.25, 0.3) is 5.91 Å². The Bertz CT molecular complexity index is 569. The molecule has 1 aromatic rings. The van der Waals surface area contributed by atoms with Crippen molar-refractivity contribution in [2.75, 3.05) is 0 Å². The van der Waals surface area contributed by atoms with E-state index in [-0.39, 0.29) is 12.0 Å². The number of halogens is 2. The van der Waals surface area contributed by atoms with Gasteiger partial charge in [0, 0.05) is 11.5 Å². The first-order valence-corrected chi connectivity index (χ1v) is 5.80. The molecule has 2 atom stereocenters. The van der Waals surface area contributed by atoms with Gasteiger partial charge in [-0.25, -0.2) is 8.78 Å². The number of benzene rings is 1. The molecule has 0 unspecified atom stereocenters. The summed E-state index contributed by atoms with van der Waals surface area (Å²) in [4.78, 5) is 23.0. The van der Waals surface area contributed by atoms with Gasteiger partial charge in [-0.3, -0.25) is 9.59 Å². The lowest BCUT2D eigenvalue weighted by Crippen LogP contribution is -2.45. The van der Waals surface area contributed by atoms with Crippen molar-refractivity contribution in [2.24, 2.45) is 11.7 Å². The minimum absolute atomic E-state index is 0.0429. The molecule has 0 aromatic heterocycles. The van der Waals surface area contributed by atoms with Crippen LogP contribution in [0.2, 0.25) is 0 Å². The van der Waals surface area contributed by atoms with Crippen molar-refractivity contribution in [3.63, 3.8) is 0 Å². The maximum atomic E-state index is 13.0. The lowest BCUT2D eigenvalue weighted by atomic mass is 10.0. The Hall–Kier alpha value is -2.49. The fourth-order valence-electron chi connectivity index (χ4n) is 1.53. The third-order valence-electron chi connectivity index (χ3n) is 2.64. The molecule has 1 aromatic carbocycles. The second-order valence-corrected chi connectivity index (χ2v) is 4.32. The van der Waals surface area contributed by atoms with E-state index in [1.165, 1.54) is 0 Å². The summed E-state index contributed by atoms with van der Waals surface area (Å²) in [6, 6.07) is 3.47. The zero-order valence-electron chi connectivity index (χ0n) is 10.7. The molecular formula is C13H13F2N3O2. The number of nitrogens with zero attached hydrogens (tertiary/aromatic N) is 1. The van der Waals surface area contributed by atoms with E-state index in [4.69, 9.17) is 11.0 Å². The van der Waals surface area contributed by atoms with E-state index in [0.717, 1.165) is 18.2 Å². The summed E-state index contributed by atoms with van der Waals surface area (Å²) in [5, 5.41) is 11.0. The van der Waals surface area contributed by atoms with E-state index in [1.807, 2.05) is 6.07 Å². The van der Waals surface area contributed by atoms with Crippen LogP contribution in [0.5, 0.6) is 0 Å². The number of rotatable bonds is 5. The molecule has 0 heterocycles. The van der Waals surface area contributed by atoms with Gasteiger partial charge in [0.1, 0.15) is 6.04 Å². The lowest BCUT2D eigenvalue weighted by Gasteiger charge is -2.16. The molecule has 0 aliphatic heterocycles. The molecule has 0 aliphatic carbocycles. The first-order valence-electron chi connectivity index (χ1n) is 5.80. The third kappa shape index (κ3) is 4.02.